The predicted octanol–water partition coefficient (Wildman–Crippen LogP) is 1.25. The van der Waals surface area contributed by atoms with Gasteiger partial charge >= 0.3 is 5.69 Å². The summed E-state index contributed by atoms with van der Waals surface area (Å²) in [7, 11) is 3.11. The van der Waals surface area contributed by atoms with Crippen LogP contribution in [0.2, 0.25) is 0 Å². The molecule has 1 amide bonds. The predicted molar refractivity (Wildman–Crippen MR) is 102 cm³/mol. The van der Waals surface area contributed by atoms with Crippen molar-refractivity contribution in [1.29, 1.82) is 0 Å². The normalized spacial score (nSPS) is 17.2. The molecule has 1 aromatic carbocycles. The van der Waals surface area contributed by atoms with Gasteiger partial charge in [-0.1, -0.05) is 17.7 Å². The van der Waals surface area contributed by atoms with Gasteiger partial charge in [0.2, 0.25) is 5.91 Å². The van der Waals surface area contributed by atoms with Crippen molar-refractivity contribution in [3.63, 3.8) is 0 Å². The minimum atomic E-state index is -0.362. The van der Waals surface area contributed by atoms with E-state index >= 15 is 0 Å². The van der Waals surface area contributed by atoms with E-state index in [1.807, 2.05) is 36.1 Å². The number of hydrogen-bond donors (Lipinski definition) is 1. The highest BCUT2D eigenvalue weighted by molar-refractivity contribution is 5.93. The monoisotopic (exact) mass is 356 g/mol. The van der Waals surface area contributed by atoms with Crippen molar-refractivity contribution in [2.24, 2.45) is 20.0 Å². The van der Waals surface area contributed by atoms with E-state index in [2.05, 4.69) is 5.32 Å². The van der Waals surface area contributed by atoms with Crippen LogP contribution in [0.5, 0.6) is 0 Å². The summed E-state index contributed by atoms with van der Waals surface area (Å²) in [6.45, 7) is 3.20. The Labute approximate surface area is 151 Å². The Morgan fingerprint density at radius 3 is 2.50 bits per heavy atom. The lowest BCUT2D eigenvalue weighted by Gasteiger charge is -2.34. The number of carbonyl (C=O) groups excluding carboxylic acids is 1. The van der Waals surface area contributed by atoms with Crippen LogP contribution in [0.3, 0.4) is 0 Å². The van der Waals surface area contributed by atoms with Crippen LogP contribution < -0.4 is 21.5 Å². The Morgan fingerprint density at radius 2 is 1.81 bits per heavy atom. The first kappa shape index (κ1) is 18.0. The zero-order valence-corrected chi connectivity index (χ0v) is 15.4. The van der Waals surface area contributed by atoms with Gasteiger partial charge < -0.3 is 10.2 Å². The molecule has 7 nitrogen and oxygen atoms in total. The maximum absolute atomic E-state index is 12.6. The largest absolute Gasteiger partial charge is 0.357 e. The van der Waals surface area contributed by atoms with E-state index in [9.17, 15) is 14.4 Å². The number of nitrogens with one attached hydrogen (secondary N) is 1. The smallest absolute Gasteiger partial charge is 0.332 e. The van der Waals surface area contributed by atoms with E-state index in [0.717, 1.165) is 35.2 Å². The fourth-order valence-corrected chi connectivity index (χ4v) is 3.31. The molecule has 1 aromatic heterocycles. The van der Waals surface area contributed by atoms with E-state index in [4.69, 9.17) is 0 Å². The number of carbonyl (C=O) groups is 1. The average molecular weight is 356 g/mol. The summed E-state index contributed by atoms with van der Waals surface area (Å²) >= 11 is 0. The third-order valence-corrected chi connectivity index (χ3v) is 4.94. The van der Waals surface area contributed by atoms with Crippen molar-refractivity contribution in [3.05, 3.63) is 56.7 Å². The van der Waals surface area contributed by atoms with Gasteiger partial charge in [-0.15, -0.1) is 0 Å². The fourth-order valence-electron chi connectivity index (χ4n) is 3.31. The number of amides is 1. The topological polar surface area (TPSA) is 76.3 Å². The highest BCUT2D eigenvalue weighted by Crippen LogP contribution is 2.22. The maximum atomic E-state index is 12.6. The number of anilines is 2. The van der Waals surface area contributed by atoms with E-state index in [0.29, 0.717) is 12.4 Å². The average Bonchev–Trinajstić information content (AvgIpc) is 2.65. The number of hydrogen-bond acceptors (Lipinski definition) is 4. The van der Waals surface area contributed by atoms with Crippen LogP contribution in [0.15, 0.2) is 39.9 Å². The van der Waals surface area contributed by atoms with Gasteiger partial charge in [0.25, 0.3) is 5.56 Å². The van der Waals surface area contributed by atoms with Gasteiger partial charge in [-0.25, -0.2) is 4.79 Å². The van der Waals surface area contributed by atoms with Gasteiger partial charge in [-0.05, 0) is 31.9 Å². The van der Waals surface area contributed by atoms with Gasteiger partial charge in [0, 0.05) is 38.9 Å². The molecule has 1 aliphatic rings. The molecule has 3 rings (SSSR count). The summed E-state index contributed by atoms with van der Waals surface area (Å²) < 4.78 is 2.54. The molecule has 26 heavy (non-hydrogen) atoms. The molecule has 1 fully saturated rings. The van der Waals surface area contributed by atoms with Crippen LogP contribution in [-0.2, 0) is 18.9 Å². The number of aryl methyl sites for hydroxylation is 1. The second-order valence-corrected chi connectivity index (χ2v) is 6.88. The van der Waals surface area contributed by atoms with Gasteiger partial charge in [0.1, 0.15) is 5.82 Å². The lowest BCUT2D eigenvalue weighted by atomic mass is 9.97. The molecule has 2 heterocycles. The molecule has 0 unspecified atom stereocenters. The second kappa shape index (κ2) is 7.19. The first-order chi connectivity index (χ1) is 12.4. The Hall–Kier alpha value is -2.83. The summed E-state index contributed by atoms with van der Waals surface area (Å²) in [5.41, 5.74) is 1.21. The molecule has 7 heteroatoms. The van der Waals surface area contributed by atoms with E-state index in [-0.39, 0.29) is 23.1 Å². The van der Waals surface area contributed by atoms with Crippen LogP contribution in [0.4, 0.5) is 11.5 Å². The highest BCUT2D eigenvalue weighted by atomic mass is 16.2. The summed E-state index contributed by atoms with van der Waals surface area (Å²) in [5.74, 6) is 0.336. The molecule has 2 aromatic rings. The molecular formula is C19H24N4O3. The maximum Gasteiger partial charge on any atom is 0.332 e. The van der Waals surface area contributed by atoms with Crippen molar-refractivity contribution in [1.82, 2.24) is 9.13 Å². The summed E-state index contributed by atoms with van der Waals surface area (Å²) in [5, 5.41) is 2.96. The molecule has 0 bridgehead atoms. The third-order valence-electron chi connectivity index (χ3n) is 4.94. The molecular weight excluding hydrogens is 332 g/mol. The van der Waals surface area contributed by atoms with Crippen LogP contribution in [0, 0.1) is 12.8 Å². The molecule has 0 saturated carbocycles. The van der Waals surface area contributed by atoms with Gasteiger partial charge in [0.05, 0.1) is 5.92 Å². The lowest BCUT2D eigenvalue weighted by Crippen LogP contribution is -2.45. The molecule has 0 aliphatic carbocycles. The number of aromatic nitrogens is 2. The highest BCUT2D eigenvalue weighted by Gasteiger charge is 2.27. The quantitative estimate of drug-likeness (QED) is 0.898. The molecule has 0 radical (unpaired) electrons. The number of rotatable bonds is 3. The Bertz CT molecular complexity index is 927. The van der Waals surface area contributed by atoms with Crippen LogP contribution >= 0.6 is 0 Å². The summed E-state index contributed by atoms with van der Waals surface area (Å²) in [6, 6.07) is 9.15. The molecule has 1 N–H and O–H groups in total. The van der Waals surface area contributed by atoms with Crippen molar-refractivity contribution >= 4 is 17.4 Å². The zero-order valence-electron chi connectivity index (χ0n) is 15.4. The zero-order chi connectivity index (χ0) is 18.8. The molecule has 138 valence electrons. The van der Waals surface area contributed by atoms with E-state index < -0.39 is 0 Å². The molecule has 1 aliphatic heterocycles. The Balaban J connectivity index is 1.77. The summed E-state index contributed by atoms with van der Waals surface area (Å²) in [6.07, 6.45) is 1.61. The molecule has 1 saturated heterocycles. The second-order valence-electron chi connectivity index (χ2n) is 6.88. The number of benzene rings is 1. The van der Waals surface area contributed by atoms with Crippen LogP contribution in [0.25, 0.3) is 0 Å². The SMILES string of the molecule is Cc1ccc(NC(=O)[C@@H]2CCCN(c3cc(=O)n(C)c(=O)n3C)C2)cc1. The summed E-state index contributed by atoms with van der Waals surface area (Å²) in [4.78, 5) is 38.7. The van der Waals surface area contributed by atoms with Crippen LogP contribution in [-0.4, -0.2) is 28.1 Å². The van der Waals surface area contributed by atoms with Gasteiger partial charge in [0.15, 0.2) is 0 Å². The van der Waals surface area contributed by atoms with Gasteiger partial charge in [-0.3, -0.25) is 18.7 Å². The first-order valence-corrected chi connectivity index (χ1v) is 8.76. The standard InChI is InChI=1S/C19H24N4O3/c1-13-6-8-15(9-7-13)20-18(25)14-5-4-10-23(12-14)16-11-17(24)22(3)19(26)21(16)2/h6-9,11,14H,4-5,10,12H2,1-3H3,(H,20,25)/t14-/m1/s1. The fraction of sp³-hybridized carbons (Fsp3) is 0.421. The third kappa shape index (κ3) is 3.56. The van der Waals surface area contributed by atoms with Gasteiger partial charge in [-0.2, -0.15) is 0 Å². The van der Waals surface area contributed by atoms with E-state index in [1.54, 1.807) is 7.05 Å². The first-order valence-electron chi connectivity index (χ1n) is 8.76. The van der Waals surface area contributed by atoms with Crippen molar-refractivity contribution in [2.75, 3.05) is 23.3 Å². The van der Waals surface area contributed by atoms with Crippen LogP contribution in [0.1, 0.15) is 18.4 Å². The molecule has 0 spiro atoms. The Morgan fingerprint density at radius 1 is 1.12 bits per heavy atom. The van der Waals surface area contributed by atoms with Crippen molar-refractivity contribution < 1.29 is 4.79 Å². The van der Waals surface area contributed by atoms with E-state index in [1.165, 1.54) is 17.7 Å². The minimum absolute atomic E-state index is 0.0348. The lowest BCUT2D eigenvalue weighted by molar-refractivity contribution is -0.120. The number of nitrogens with zero attached hydrogens (tertiary/aromatic N) is 3. The number of piperidine rings is 1. The minimum Gasteiger partial charge on any atom is -0.357 e. The van der Waals surface area contributed by atoms with Crippen molar-refractivity contribution in [3.8, 4) is 0 Å². The Kier molecular flexibility index (Phi) is 4.97. The van der Waals surface area contributed by atoms with Crippen molar-refractivity contribution in [2.45, 2.75) is 19.8 Å². The molecule has 1 atom stereocenters.